The summed E-state index contributed by atoms with van der Waals surface area (Å²) in [6.07, 6.45) is 4.16. The van der Waals surface area contributed by atoms with Gasteiger partial charge in [-0.15, -0.1) is 0 Å². The topological polar surface area (TPSA) is 36.0 Å². The number of hydrogen-bond acceptors (Lipinski definition) is 3. The smallest absolute Gasteiger partial charge is 0.325 e. The zero-order valence-corrected chi connectivity index (χ0v) is 21.5. The molecule has 1 spiro atoms. The molecule has 0 N–H and O–H groups in total. The molecule has 0 aliphatic carbocycles. The van der Waals surface area contributed by atoms with Crippen molar-refractivity contribution in [2.75, 3.05) is 26.7 Å². The zero-order chi connectivity index (χ0) is 24.9. The minimum atomic E-state index is -0.335. The predicted octanol–water partition coefficient (Wildman–Crippen LogP) is 5.74. The maximum absolute atomic E-state index is 13.8. The number of urea groups is 1. The molecule has 0 radical (unpaired) electrons. The van der Waals surface area contributed by atoms with Crippen LogP contribution in [0.15, 0.2) is 42.1 Å². The van der Waals surface area contributed by atoms with Crippen molar-refractivity contribution in [3.05, 3.63) is 75.7 Å². The lowest BCUT2D eigenvalue weighted by Gasteiger charge is -2.44. The lowest BCUT2D eigenvalue weighted by atomic mass is 9.81. The van der Waals surface area contributed by atoms with Crippen molar-refractivity contribution in [2.45, 2.75) is 65.1 Å². The molecule has 0 saturated carbocycles. The first kappa shape index (κ1) is 23.9. The highest BCUT2D eigenvalue weighted by Gasteiger charge is 2.54. The summed E-state index contributed by atoms with van der Waals surface area (Å²) in [6.45, 7) is 12.5. The average Bonchev–Trinajstić information content (AvgIpc) is 2.93. The Bertz CT molecular complexity index is 1180. The Morgan fingerprint density at radius 1 is 1.14 bits per heavy atom. The van der Waals surface area contributed by atoms with Gasteiger partial charge in [0.15, 0.2) is 11.6 Å². The summed E-state index contributed by atoms with van der Waals surface area (Å²) < 4.78 is 19.0. The number of benzene rings is 2. The number of likely N-dealkylation sites (N-methyl/N-ethyl adjacent to an activating group) is 1. The van der Waals surface area contributed by atoms with E-state index in [4.69, 9.17) is 4.74 Å². The normalized spacial score (nSPS) is 21.6. The molecule has 5 rings (SSSR count). The fourth-order valence-corrected chi connectivity index (χ4v) is 6.66. The van der Waals surface area contributed by atoms with Gasteiger partial charge >= 0.3 is 6.03 Å². The molecule has 2 amide bonds. The van der Waals surface area contributed by atoms with Gasteiger partial charge in [0.05, 0.1) is 19.2 Å². The number of carbonyl (C=O) groups excluding carboxylic acids is 1. The second-order valence-corrected chi connectivity index (χ2v) is 10.4. The van der Waals surface area contributed by atoms with Gasteiger partial charge in [0.1, 0.15) is 0 Å². The van der Waals surface area contributed by atoms with Crippen molar-refractivity contribution in [1.29, 1.82) is 0 Å². The fourth-order valence-electron chi connectivity index (χ4n) is 6.66. The van der Waals surface area contributed by atoms with Crippen molar-refractivity contribution in [1.82, 2.24) is 14.7 Å². The number of halogens is 1. The number of aryl methyl sites for hydroxylation is 2. The van der Waals surface area contributed by atoms with Gasteiger partial charge in [-0.1, -0.05) is 36.8 Å². The Hall–Kier alpha value is -2.86. The molecule has 2 fully saturated rings. The Morgan fingerprint density at radius 2 is 1.89 bits per heavy atom. The summed E-state index contributed by atoms with van der Waals surface area (Å²) in [5, 5.41) is 0. The van der Waals surface area contributed by atoms with E-state index in [0.717, 1.165) is 38.0 Å². The standard InChI is InChI=1S/C29H36FN3O2/c1-6-33-28(34)32-18-23-14-19(2)13-20(3)27(23)21(4)15-26(32)29(33)9-11-31(12-10-29)17-22-7-8-24(30)25(16-22)35-5/h7-8,13-16,21H,6,9-12,17-18H2,1-5H3/t21-/m1/s1. The predicted molar refractivity (Wildman–Crippen MR) is 136 cm³/mol. The molecule has 3 heterocycles. The maximum atomic E-state index is 13.8. The number of methoxy groups -OCH3 is 1. The van der Waals surface area contributed by atoms with Crippen LogP contribution in [0.1, 0.15) is 60.4 Å². The van der Waals surface area contributed by atoms with E-state index < -0.39 is 0 Å². The van der Waals surface area contributed by atoms with Crippen LogP contribution in [-0.2, 0) is 13.1 Å². The number of nitrogens with zero attached hydrogens (tertiary/aromatic N) is 3. The highest BCUT2D eigenvalue weighted by Crippen LogP contribution is 2.47. The Morgan fingerprint density at radius 3 is 2.57 bits per heavy atom. The third-order valence-corrected chi connectivity index (χ3v) is 8.18. The van der Waals surface area contributed by atoms with E-state index in [0.29, 0.717) is 13.1 Å². The van der Waals surface area contributed by atoms with E-state index in [-0.39, 0.29) is 29.1 Å². The number of carbonyl (C=O) groups is 1. The van der Waals surface area contributed by atoms with E-state index in [2.05, 4.69) is 55.7 Å². The molecule has 186 valence electrons. The highest BCUT2D eigenvalue weighted by atomic mass is 19.1. The van der Waals surface area contributed by atoms with Gasteiger partial charge in [-0.2, -0.15) is 0 Å². The van der Waals surface area contributed by atoms with E-state index in [1.165, 1.54) is 41.1 Å². The van der Waals surface area contributed by atoms with Crippen molar-refractivity contribution in [3.63, 3.8) is 0 Å². The summed E-state index contributed by atoms with van der Waals surface area (Å²) in [7, 11) is 1.50. The van der Waals surface area contributed by atoms with Crippen LogP contribution in [0.4, 0.5) is 9.18 Å². The molecular formula is C29H36FN3O2. The van der Waals surface area contributed by atoms with Crippen LogP contribution in [0.25, 0.3) is 0 Å². The van der Waals surface area contributed by atoms with Gasteiger partial charge in [-0.3, -0.25) is 9.80 Å². The summed E-state index contributed by atoms with van der Waals surface area (Å²) in [5.41, 5.74) is 7.16. The summed E-state index contributed by atoms with van der Waals surface area (Å²) in [4.78, 5) is 20.3. The summed E-state index contributed by atoms with van der Waals surface area (Å²) in [5.74, 6) is 0.211. The molecule has 0 bridgehead atoms. The van der Waals surface area contributed by atoms with Crippen LogP contribution in [0.2, 0.25) is 0 Å². The van der Waals surface area contributed by atoms with Gasteiger partial charge in [0.25, 0.3) is 0 Å². The third-order valence-electron chi connectivity index (χ3n) is 8.18. The number of allylic oxidation sites excluding steroid dienone is 1. The van der Waals surface area contributed by atoms with Crippen LogP contribution < -0.4 is 4.74 Å². The number of hydrogen-bond donors (Lipinski definition) is 0. The second kappa shape index (κ2) is 8.98. The summed E-state index contributed by atoms with van der Waals surface area (Å²) in [6, 6.07) is 9.74. The number of amides is 2. The molecular weight excluding hydrogens is 441 g/mol. The van der Waals surface area contributed by atoms with Gasteiger partial charge in [-0.05, 0) is 68.0 Å². The minimum absolute atomic E-state index is 0.134. The molecule has 0 aromatic heterocycles. The molecule has 3 aliphatic rings. The molecule has 2 aromatic carbocycles. The van der Waals surface area contributed by atoms with Crippen LogP contribution in [0.5, 0.6) is 5.75 Å². The SMILES string of the molecule is CCN1C(=O)N2Cc3cc(C)cc(C)c3[C@H](C)C=C2C12CCN(Cc1ccc(F)c(OC)c1)CC2. The number of ether oxygens (including phenoxy) is 1. The molecule has 0 unspecified atom stereocenters. The molecule has 2 saturated heterocycles. The van der Waals surface area contributed by atoms with Crippen LogP contribution in [0, 0.1) is 19.7 Å². The molecule has 35 heavy (non-hydrogen) atoms. The molecule has 6 heteroatoms. The average molecular weight is 478 g/mol. The lowest BCUT2D eigenvalue weighted by Crippen LogP contribution is -2.53. The maximum Gasteiger partial charge on any atom is 0.325 e. The quantitative estimate of drug-likeness (QED) is 0.563. The van der Waals surface area contributed by atoms with Gasteiger partial charge in [0.2, 0.25) is 0 Å². The van der Waals surface area contributed by atoms with Crippen molar-refractivity contribution in [2.24, 2.45) is 0 Å². The number of piperidine rings is 1. The second-order valence-electron chi connectivity index (χ2n) is 10.4. The van der Waals surface area contributed by atoms with Crippen molar-refractivity contribution >= 4 is 6.03 Å². The third kappa shape index (κ3) is 3.92. The monoisotopic (exact) mass is 477 g/mol. The van der Waals surface area contributed by atoms with E-state index in [9.17, 15) is 9.18 Å². The molecule has 3 aliphatic heterocycles. The number of likely N-dealkylation sites (tertiary alicyclic amines) is 1. The molecule has 5 nitrogen and oxygen atoms in total. The summed E-state index contributed by atoms with van der Waals surface area (Å²) >= 11 is 0. The van der Waals surface area contributed by atoms with E-state index in [1.807, 2.05) is 11.0 Å². The number of rotatable bonds is 4. The largest absolute Gasteiger partial charge is 0.494 e. The first-order valence-corrected chi connectivity index (χ1v) is 12.7. The lowest BCUT2D eigenvalue weighted by molar-refractivity contribution is 0.0887. The van der Waals surface area contributed by atoms with Gasteiger partial charge < -0.3 is 9.64 Å². The minimum Gasteiger partial charge on any atom is -0.494 e. The number of fused-ring (bicyclic) bond motifs is 3. The first-order chi connectivity index (χ1) is 16.8. The zero-order valence-electron chi connectivity index (χ0n) is 21.5. The van der Waals surface area contributed by atoms with Crippen LogP contribution in [0.3, 0.4) is 0 Å². The highest BCUT2D eigenvalue weighted by molar-refractivity contribution is 5.83. The molecule has 1 atom stereocenters. The molecule has 2 aromatic rings. The van der Waals surface area contributed by atoms with E-state index >= 15 is 0 Å². The van der Waals surface area contributed by atoms with Gasteiger partial charge in [0, 0.05) is 37.8 Å². The van der Waals surface area contributed by atoms with Crippen molar-refractivity contribution < 1.29 is 13.9 Å². The van der Waals surface area contributed by atoms with Crippen LogP contribution >= 0.6 is 0 Å². The Labute approximate surface area is 208 Å². The van der Waals surface area contributed by atoms with E-state index in [1.54, 1.807) is 6.07 Å². The van der Waals surface area contributed by atoms with Crippen molar-refractivity contribution in [3.8, 4) is 5.75 Å². The first-order valence-electron chi connectivity index (χ1n) is 12.7. The van der Waals surface area contributed by atoms with Crippen LogP contribution in [-0.4, -0.2) is 53.0 Å². The Kier molecular flexibility index (Phi) is 6.12. The Balaban J connectivity index is 1.42. The van der Waals surface area contributed by atoms with Gasteiger partial charge in [-0.25, -0.2) is 9.18 Å². The fraction of sp³-hybridized carbons (Fsp3) is 0.483.